The number of benzene rings is 2. The van der Waals surface area contributed by atoms with E-state index in [4.69, 9.17) is 0 Å². The topological polar surface area (TPSA) is 34.9 Å². The molecule has 0 N–H and O–H groups in total. The van der Waals surface area contributed by atoms with Crippen molar-refractivity contribution in [2.24, 2.45) is 0 Å². The standard InChI is InChI=1S/C17H13FN2O/c1-12-6-8-13(9-7-12)17-14(11-21)10-20(19-17)16-5-3-2-4-15(16)18/h2-11H,1H3. The SMILES string of the molecule is Cc1ccc(-c2nn(-c3ccccc3F)cc2C=O)cc1. The van der Waals surface area contributed by atoms with Crippen LogP contribution in [0, 0.1) is 12.7 Å². The molecule has 1 heterocycles. The number of aryl methyl sites for hydroxylation is 1. The maximum Gasteiger partial charge on any atom is 0.153 e. The van der Waals surface area contributed by atoms with Gasteiger partial charge in [-0.05, 0) is 19.1 Å². The average Bonchev–Trinajstić information content (AvgIpc) is 2.92. The Morgan fingerprint density at radius 1 is 1.10 bits per heavy atom. The molecule has 3 aromatic rings. The molecule has 0 atom stereocenters. The average molecular weight is 280 g/mol. The molecule has 3 nitrogen and oxygen atoms in total. The minimum Gasteiger partial charge on any atom is -0.298 e. The third-order valence-electron chi connectivity index (χ3n) is 3.29. The van der Waals surface area contributed by atoms with Crippen molar-refractivity contribution in [2.45, 2.75) is 6.92 Å². The molecule has 0 aliphatic rings. The zero-order valence-corrected chi connectivity index (χ0v) is 11.5. The van der Waals surface area contributed by atoms with Crippen LogP contribution >= 0.6 is 0 Å². The van der Waals surface area contributed by atoms with E-state index in [1.807, 2.05) is 31.2 Å². The number of aromatic nitrogens is 2. The van der Waals surface area contributed by atoms with Gasteiger partial charge < -0.3 is 0 Å². The second-order valence-electron chi connectivity index (χ2n) is 4.81. The van der Waals surface area contributed by atoms with E-state index in [1.54, 1.807) is 24.4 Å². The molecule has 104 valence electrons. The van der Waals surface area contributed by atoms with Crippen LogP contribution in [-0.2, 0) is 0 Å². The first-order chi connectivity index (χ1) is 10.2. The van der Waals surface area contributed by atoms with Gasteiger partial charge in [-0.2, -0.15) is 5.10 Å². The summed E-state index contributed by atoms with van der Waals surface area (Å²) in [5, 5.41) is 4.36. The van der Waals surface area contributed by atoms with Crippen LogP contribution < -0.4 is 0 Å². The Bertz CT molecular complexity index is 791. The summed E-state index contributed by atoms with van der Waals surface area (Å²) >= 11 is 0. The Balaban J connectivity index is 2.13. The van der Waals surface area contributed by atoms with E-state index in [-0.39, 0.29) is 5.82 Å². The third kappa shape index (κ3) is 2.48. The molecule has 4 heteroatoms. The molecule has 0 radical (unpaired) electrons. The lowest BCUT2D eigenvalue weighted by atomic mass is 10.1. The van der Waals surface area contributed by atoms with Crippen LogP contribution in [0.25, 0.3) is 16.9 Å². The van der Waals surface area contributed by atoms with E-state index in [1.165, 1.54) is 10.7 Å². The van der Waals surface area contributed by atoms with Gasteiger partial charge in [0.1, 0.15) is 17.2 Å². The maximum absolute atomic E-state index is 13.8. The van der Waals surface area contributed by atoms with Crippen LogP contribution in [0.4, 0.5) is 4.39 Å². The Kier molecular flexibility index (Phi) is 3.36. The van der Waals surface area contributed by atoms with Crippen molar-refractivity contribution < 1.29 is 9.18 Å². The van der Waals surface area contributed by atoms with Crippen LogP contribution in [0.3, 0.4) is 0 Å². The van der Waals surface area contributed by atoms with Crippen molar-refractivity contribution in [1.29, 1.82) is 0 Å². The van der Waals surface area contributed by atoms with Gasteiger partial charge in [-0.15, -0.1) is 0 Å². The van der Waals surface area contributed by atoms with Crippen molar-refractivity contribution in [3.8, 4) is 16.9 Å². The number of halogens is 1. The molecule has 0 unspecified atom stereocenters. The van der Waals surface area contributed by atoms with Crippen LogP contribution in [0.15, 0.2) is 54.7 Å². The van der Waals surface area contributed by atoms with Crippen molar-refractivity contribution in [3.63, 3.8) is 0 Å². The van der Waals surface area contributed by atoms with Crippen LogP contribution in [0.5, 0.6) is 0 Å². The highest BCUT2D eigenvalue weighted by Crippen LogP contribution is 2.23. The molecule has 0 spiro atoms. The molecule has 0 saturated carbocycles. The first-order valence-electron chi connectivity index (χ1n) is 6.56. The predicted molar refractivity (Wildman–Crippen MR) is 79.1 cm³/mol. The monoisotopic (exact) mass is 280 g/mol. The van der Waals surface area contributed by atoms with Gasteiger partial charge in [0.15, 0.2) is 6.29 Å². The second-order valence-corrected chi connectivity index (χ2v) is 4.81. The summed E-state index contributed by atoms with van der Waals surface area (Å²) in [6.07, 6.45) is 2.28. The van der Waals surface area contributed by atoms with Gasteiger partial charge in [0.2, 0.25) is 0 Å². The molecule has 0 aliphatic heterocycles. The molecule has 0 amide bonds. The molecule has 0 bridgehead atoms. The highest BCUT2D eigenvalue weighted by atomic mass is 19.1. The first-order valence-corrected chi connectivity index (χ1v) is 6.56. The number of carbonyl (C=O) groups excluding carboxylic acids is 1. The molecule has 21 heavy (non-hydrogen) atoms. The summed E-state index contributed by atoms with van der Waals surface area (Å²) in [5.41, 5.74) is 3.26. The normalized spacial score (nSPS) is 10.6. The van der Waals surface area contributed by atoms with Gasteiger partial charge in [-0.25, -0.2) is 9.07 Å². The van der Waals surface area contributed by atoms with Crippen LogP contribution in [-0.4, -0.2) is 16.1 Å². The number of rotatable bonds is 3. The summed E-state index contributed by atoms with van der Waals surface area (Å²) in [6.45, 7) is 1.99. The van der Waals surface area contributed by atoms with Crippen LogP contribution in [0.2, 0.25) is 0 Å². The number of para-hydroxylation sites is 1. The summed E-state index contributed by atoms with van der Waals surface area (Å²) in [4.78, 5) is 11.3. The fraction of sp³-hybridized carbons (Fsp3) is 0.0588. The molecule has 2 aromatic carbocycles. The zero-order chi connectivity index (χ0) is 14.8. The van der Waals surface area contributed by atoms with E-state index >= 15 is 0 Å². The number of aldehydes is 1. The van der Waals surface area contributed by atoms with Gasteiger partial charge in [0.25, 0.3) is 0 Å². The fourth-order valence-electron chi connectivity index (χ4n) is 2.17. The predicted octanol–water partition coefficient (Wildman–Crippen LogP) is 3.80. The molecular formula is C17H13FN2O. The summed E-state index contributed by atoms with van der Waals surface area (Å²) in [6, 6.07) is 14.0. The minimum absolute atomic E-state index is 0.318. The smallest absolute Gasteiger partial charge is 0.153 e. The van der Waals surface area contributed by atoms with Gasteiger partial charge in [0.05, 0.1) is 5.56 Å². The molecular weight excluding hydrogens is 267 g/mol. The van der Waals surface area contributed by atoms with Crippen molar-refractivity contribution in [2.75, 3.05) is 0 Å². The third-order valence-corrected chi connectivity index (χ3v) is 3.29. The van der Waals surface area contributed by atoms with Crippen molar-refractivity contribution in [1.82, 2.24) is 9.78 Å². The van der Waals surface area contributed by atoms with E-state index in [9.17, 15) is 9.18 Å². The number of nitrogens with zero attached hydrogens (tertiary/aromatic N) is 2. The Morgan fingerprint density at radius 3 is 2.48 bits per heavy atom. The highest BCUT2D eigenvalue weighted by molar-refractivity contribution is 5.85. The lowest BCUT2D eigenvalue weighted by Crippen LogP contribution is -1.98. The second kappa shape index (κ2) is 5.32. The fourth-order valence-corrected chi connectivity index (χ4v) is 2.17. The summed E-state index contributed by atoms with van der Waals surface area (Å²) < 4.78 is 15.2. The highest BCUT2D eigenvalue weighted by Gasteiger charge is 2.13. The number of hydrogen-bond donors (Lipinski definition) is 0. The molecule has 0 fully saturated rings. The zero-order valence-electron chi connectivity index (χ0n) is 11.5. The Morgan fingerprint density at radius 2 is 1.81 bits per heavy atom. The first kappa shape index (κ1) is 13.2. The van der Waals surface area contributed by atoms with Gasteiger partial charge in [0, 0.05) is 11.8 Å². The summed E-state index contributed by atoms with van der Waals surface area (Å²) in [5.74, 6) is -0.382. The van der Waals surface area contributed by atoms with E-state index in [2.05, 4.69) is 5.10 Å². The minimum atomic E-state index is -0.382. The molecule has 0 aliphatic carbocycles. The largest absolute Gasteiger partial charge is 0.298 e. The van der Waals surface area contributed by atoms with E-state index < -0.39 is 0 Å². The number of carbonyl (C=O) groups is 1. The lowest BCUT2D eigenvalue weighted by molar-refractivity contribution is 0.112. The van der Waals surface area contributed by atoms with Gasteiger partial charge in [-0.1, -0.05) is 42.0 Å². The maximum atomic E-state index is 13.8. The van der Waals surface area contributed by atoms with E-state index in [0.29, 0.717) is 16.9 Å². The van der Waals surface area contributed by atoms with Gasteiger partial charge in [-0.3, -0.25) is 4.79 Å². The van der Waals surface area contributed by atoms with E-state index in [0.717, 1.165) is 17.4 Å². The lowest BCUT2D eigenvalue weighted by Gasteiger charge is -2.02. The Hall–Kier alpha value is -2.75. The molecule has 0 saturated heterocycles. The molecule has 1 aromatic heterocycles. The van der Waals surface area contributed by atoms with Crippen LogP contribution in [0.1, 0.15) is 15.9 Å². The van der Waals surface area contributed by atoms with Crippen molar-refractivity contribution in [3.05, 3.63) is 71.7 Å². The quantitative estimate of drug-likeness (QED) is 0.684. The molecule has 3 rings (SSSR count). The Labute approximate surface area is 121 Å². The summed E-state index contributed by atoms with van der Waals surface area (Å²) in [7, 11) is 0. The van der Waals surface area contributed by atoms with Crippen molar-refractivity contribution >= 4 is 6.29 Å². The van der Waals surface area contributed by atoms with Gasteiger partial charge >= 0.3 is 0 Å². The number of hydrogen-bond acceptors (Lipinski definition) is 2.